The van der Waals surface area contributed by atoms with Crippen LogP contribution in [0.5, 0.6) is 0 Å². The summed E-state index contributed by atoms with van der Waals surface area (Å²) in [4.78, 5) is 5.01. The Morgan fingerprint density at radius 3 is 2.65 bits per heavy atom. The molecular weight excluding hydrogens is 252 g/mol. The molecule has 5 nitrogen and oxygen atoms in total. The highest BCUT2D eigenvalue weighted by molar-refractivity contribution is 5.09. The number of likely N-dealkylation sites (tertiary alicyclic amines) is 1. The molecule has 2 unspecified atom stereocenters. The lowest BCUT2D eigenvalue weighted by molar-refractivity contribution is 0.0182. The van der Waals surface area contributed by atoms with Crippen LogP contribution in [0.25, 0.3) is 0 Å². The summed E-state index contributed by atoms with van der Waals surface area (Å²) in [6.45, 7) is 8.98. The number of hydrogen-bond donors (Lipinski definition) is 1. The summed E-state index contributed by atoms with van der Waals surface area (Å²) in [6.07, 6.45) is 3.69. The van der Waals surface area contributed by atoms with Gasteiger partial charge in [0.05, 0.1) is 19.3 Å². The summed E-state index contributed by atoms with van der Waals surface area (Å²) in [5.41, 5.74) is -0.388. The third-order valence-electron chi connectivity index (χ3n) is 4.70. The SMILES string of the molecule is CC(C#N)(CN1CCC(N2CCOCC2)C1)NC1CC1. The number of nitrogens with one attached hydrogen (secondary N) is 1. The number of nitrogens with zero attached hydrogens (tertiary/aromatic N) is 3. The molecule has 1 N–H and O–H groups in total. The molecule has 3 rings (SSSR count). The van der Waals surface area contributed by atoms with Crippen LogP contribution in [0, 0.1) is 11.3 Å². The maximum absolute atomic E-state index is 9.47. The zero-order valence-electron chi connectivity index (χ0n) is 12.5. The van der Waals surface area contributed by atoms with E-state index in [2.05, 4.69) is 21.2 Å². The van der Waals surface area contributed by atoms with Crippen LogP contribution in [0.3, 0.4) is 0 Å². The Kier molecular flexibility index (Phi) is 4.27. The van der Waals surface area contributed by atoms with Gasteiger partial charge in [0.25, 0.3) is 0 Å². The van der Waals surface area contributed by atoms with Crippen molar-refractivity contribution in [1.82, 2.24) is 15.1 Å². The van der Waals surface area contributed by atoms with Crippen LogP contribution in [0.2, 0.25) is 0 Å². The Hall–Kier alpha value is -0.670. The van der Waals surface area contributed by atoms with Crippen molar-refractivity contribution in [2.24, 2.45) is 0 Å². The molecule has 1 saturated carbocycles. The van der Waals surface area contributed by atoms with Crippen molar-refractivity contribution >= 4 is 0 Å². The molecule has 0 aromatic rings. The Bertz CT molecular complexity index is 373. The fourth-order valence-electron chi connectivity index (χ4n) is 3.44. The van der Waals surface area contributed by atoms with Crippen molar-refractivity contribution in [3.05, 3.63) is 0 Å². The first-order chi connectivity index (χ1) is 9.68. The lowest BCUT2D eigenvalue weighted by atomic mass is 10.0. The molecule has 20 heavy (non-hydrogen) atoms. The van der Waals surface area contributed by atoms with Crippen molar-refractivity contribution in [3.63, 3.8) is 0 Å². The molecule has 1 aliphatic carbocycles. The van der Waals surface area contributed by atoms with Gasteiger partial charge in [-0.25, -0.2) is 0 Å². The summed E-state index contributed by atoms with van der Waals surface area (Å²) in [5.74, 6) is 0. The van der Waals surface area contributed by atoms with Gasteiger partial charge < -0.3 is 4.74 Å². The Morgan fingerprint density at radius 1 is 1.25 bits per heavy atom. The topological polar surface area (TPSA) is 51.5 Å². The molecule has 5 heteroatoms. The van der Waals surface area contributed by atoms with Crippen molar-refractivity contribution in [2.75, 3.05) is 45.9 Å². The lowest BCUT2D eigenvalue weighted by Gasteiger charge is -2.33. The van der Waals surface area contributed by atoms with Crippen LogP contribution in [0.1, 0.15) is 26.2 Å². The van der Waals surface area contributed by atoms with Gasteiger partial charge in [-0.15, -0.1) is 0 Å². The second kappa shape index (κ2) is 5.98. The molecule has 0 aromatic carbocycles. The van der Waals surface area contributed by atoms with Gasteiger partial charge in [-0.3, -0.25) is 15.1 Å². The molecule has 112 valence electrons. The summed E-state index contributed by atoms with van der Waals surface area (Å²) >= 11 is 0. The highest BCUT2D eigenvalue weighted by Crippen LogP contribution is 2.24. The van der Waals surface area contributed by atoms with Gasteiger partial charge in [0.1, 0.15) is 5.54 Å². The number of ether oxygens (including phenoxy) is 1. The van der Waals surface area contributed by atoms with Crippen molar-refractivity contribution in [1.29, 1.82) is 5.26 Å². The molecule has 0 amide bonds. The molecule has 0 bridgehead atoms. The molecule has 0 radical (unpaired) electrons. The predicted octanol–water partition coefficient (Wildman–Crippen LogP) is 0.427. The zero-order valence-corrected chi connectivity index (χ0v) is 12.5. The fraction of sp³-hybridized carbons (Fsp3) is 0.933. The Labute approximate surface area is 121 Å². The van der Waals surface area contributed by atoms with E-state index in [9.17, 15) is 5.26 Å². The van der Waals surface area contributed by atoms with E-state index in [0.29, 0.717) is 12.1 Å². The van der Waals surface area contributed by atoms with Gasteiger partial charge in [-0.2, -0.15) is 5.26 Å². The van der Waals surface area contributed by atoms with Gasteiger partial charge >= 0.3 is 0 Å². The molecule has 2 saturated heterocycles. The van der Waals surface area contributed by atoms with Crippen LogP contribution < -0.4 is 5.32 Å². The van der Waals surface area contributed by atoms with E-state index >= 15 is 0 Å². The minimum atomic E-state index is -0.388. The maximum atomic E-state index is 9.47. The Morgan fingerprint density at radius 2 is 2.00 bits per heavy atom. The Balaban J connectivity index is 1.50. The molecule has 3 aliphatic rings. The van der Waals surface area contributed by atoms with Gasteiger partial charge in [-0.05, 0) is 32.7 Å². The maximum Gasteiger partial charge on any atom is 0.116 e. The molecular formula is C15H26N4O. The van der Waals surface area contributed by atoms with Crippen LogP contribution in [-0.4, -0.2) is 73.4 Å². The van der Waals surface area contributed by atoms with Crippen molar-refractivity contribution in [2.45, 2.75) is 43.8 Å². The van der Waals surface area contributed by atoms with Crippen LogP contribution in [-0.2, 0) is 4.74 Å². The summed E-state index contributed by atoms with van der Waals surface area (Å²) in [5, 5.41) is 13.0. The first-order valence-electron chi connectivity index (χ1n) is 7.92. The molecule has 3 fully saturated rings. The highest BCUT2D eigenvalue weighted by Gasteiger charge is 2.37. The van der Waals surface area contributed by atoms with Crippen LogP contribution in [0.15, 0.2) is 0 Å². The largest absolute Gasteiger partial charge is 0.379 e. The van der Waals surface area contributed by atoms with E-state index in [-0.39, 0.29) is 5.54 Å². The van der Waals surface area contributed by atoms with E-state index in [1.165, 1.54) is 19.3 Å². The summed E-state index contributed by atoms with van der Waals surface area (Å²) < 4.78 is 5.43. The van der Waals surface area contributed by atoms with Gasteiger partial charge in [0.15, 0.2) is 0 Å². The summed E-state index contributed by atoms with van der Waals surface area (Å²) in [7, 11) is 0. The molecule has 2 aliphatic heterocycles. The number of nitriles is 1. The monoisotopic (exact) mass is 278 g/mol. The quantitative estimate of drug-likeness (QED) is 0.790. The van der Waals surface area contributed by atoms with Crippen molar-refractivity contribution < 1.29 is 4.74 Å². The predicted molar refractivity (Wildman–Crippen MR) is 77.4 cm³/mol. The number of rotatable bonds is 5. The molecule has 2 atom stereocenters. The first kappa shape index (κ1) is 14.3. The third kappa shape index (κ3) is 3.50. The lowest BCUT2D eigenvalue weighted by Crippen LogP contribution is -2.51. The van der Waals surface area contributed by atoms with Gasteiger partial charge in [0, 0.05) is 38.3 Å². The highest BCUT2D eigenvalue weighted by atomic mass is 16.5. The molecule has 2 heterocycles. The smallest absolute Gasteiger partial charge is 0.116 e. The average molecular weight is 278 g/mol. The number of hydrogen-bond acceptors (Lipinski definition) is 5. The van der Waals surface area contributed by atoms with Gasteiger partial charge in [-0.1, -0.05) is 0 Å². The number of morpholine rings is 1. The van der Waals surface area contributed by atoms with E-state index < -0.39 is 0 Å². The minimum Gasteiger partial charge on any atom is -0.379 e. The summed E-state index contributed by atoms with van der Waals surface area (Å²) in [6, 6.07) is 3.72. The standard InChI is InChI=1S/C15H26N4O/c1-15(11-16,17-13-2-3-13)12-18-5-4-14(10-18)19-6-8-20-9-7-19/h13-14,17H,2-10,12H2,1H3. The van der Waals surface area contributed by atoms with E-state index in [4.69, 9.17) is 4.74 Å². The third-order valence-corrected chi connectivity index (χ3v) is 4.70. The van der Waals surface area contributed by atoms with E-state index in [1.54, 1.807) is 0 Å². The zero-order chi connectivity index (χ0) is 14.0. The minimum absolute atomic E-state index is 0.388. The molecule has 0 spiro atoms. The first-order valence-corrected chi connectivity index (χ1v) is 7.92. The van der Waals surface area contributed by atoms with E-state index in [1.807, 2.05) is 6.92 Å². The van der Waals surface area contributed by atoms with Crippen molar-refractivity contribution in [3.8, 4) is 6.07 Å². The average Bonchev–Trinajstić information content (AvgIpc) is 3.15. The van der Waals surface area contributed by atoms with E-state index in [0.717, 1.165) is 45.9 Å². The fourth-order valence-corrected chi connectivity index (χ4v) is 3.44. The second-order valence-corrected chi connectivity index (χ2v) is 6.69. The van der Waals surface area contributed by atoms with Crippen LogP contribution in [0.4, 0.5) is 0 Å². The molecule has 0 aromatic heterocycles. The second-order valence-electron chi connectivity index (χ2n) is 6.69. The van der Waals surface area contributed by atoms with Crippen LogP contribution >= 0.6 is 0 Å². The van der Waals surface area contributed by atoms with Gasteiger partial charge in [0.2, 0.25) is 0 Å². The normalized spacial score (nSPS) is 31.9.